The molecule has 112 valence electrons. The van der Waals surface area contributed by atoms with E-state index in [-0.39, 0.29) is 12.5 Å². The molecule has 6 heteroatoms. The van der Waals surface area contributed by atoms with Crippen molar-refractivity contribution in [2.45, 2.75) is 19.4 Å². The van der Waals surface area contributed by atoms with Crippen LogP contribution in [0.15, 0.2) is 24.3 Å². The molecule has 20 heavy (non-hydrogen) atoms. The van der Waals surface area contributed by atoms with Gasteiger partial charge in [-0.15, -0.1) is 0 Å². The lowest BCUT2D eigenvalue weighted by molar-refractivity contribution is -0.175. The van der Waals surface area contributed by atoms with E-state index in [1.165, 1.54) is 14.2 Å². The van der Waals surface area contributed by atoms with Gasteiger partial charge in [-0.2, -0.15) is 0 Å². The molecular weight excluding hydrogens is 260 g/mol. The average molecular weight is 282 g/mol. The number of hydrogen-bond donors (Lipinski definition) is 1. The minimum Gasteiger partial charge on any atom is -0.494 e. The Bertz CT molecular complexity index is 431. The van der Waals surface area contributed by atoms with Gasteiger partial charge in [0.1, 0.15) is 23.6 Å². The summed E-state index contributed by atoms with van der Waals surface area (Å²) in [6.07, 6.45) is 0. The zero-order chi connectivity index (χ0) is 15.2. The average Bonchev–Trinajstić information content (AvgIpc) is 2.45. The summed E-state index contributed by atoms with van der Waals surface area (Å²) >= 11 is 0. The van der Waals surface area contributed by atoms with E-state index in [9.17, 15) is 4.79 Å². The molecule has 1 aromatic rings. The van der Waals surface area contributed by atoms with Gasteiger partial charge in [-0.3, -0.25) is 9.63 Å². The maximum Gasteiger partial charge on any atom is 0.269 e. The van der Waals surface area contributed by atoms with Crippen LogP contribution in [0, 0.1) is 0 Å². The summed E-state index contributed by atoms with van der Waals surface area (Å²) < 4.78 is 10.9. The number of amides is 1. The van der Waals surface area contributed by atoms with Crippen molar-refractivity contribution in [1.29, 1.82) is 0 Å². The second kappa shape index (κ2) is 7.12. The number of carbonyl (C=O) groups excluding carboxylic acids is 1. The van der Waals surface area contributed by atoms with E-state index >= 15 is 0 Å². The Morgan fingerprint density at radius 3 is 2.20 bits per heavy atom. The standard InChI is InChI=1S/C14H22N2O4/c1-5-19-11-6-8-12(9-7-11)20-10-14(2,15)13(17)16(3)18-4/h6-9H,5,10,15H2,1-4H3. The van der Waals surface area contributed by atoms with E-state index < -0.39 is 5.54 Å². The van der Waals surface area contributed by atoms with Crippen molar-refractivity contribution in [3.8, 4) is 11.5 Å². The predicted molar refractivity (Wildman–Crippen MR) is 75.5 cm³/mol. The van der Waals surface area contributed by atoms with Crippen LogP contribution in [0.1, 0.15) is 13.8 Å². The molecule has 0 radical (unpaired) electrons. The van der Waals surface area contributed by atoms with E-state index in [1.54, 1.807) is 31.2 Å². The van der Waals surface area contributed by atoms with Gasteiger partial charge in [-0.25, -0.2) is 5.06 Å². The zero-order valence-corrected chi connectivity index (χ0v) is 12.4. The number of nitrogens with zero attached hydrogens (tertiary/aromatic N) is 1. The molecule has 1 atom stereocenters. The number of ether oxygens (including phenoxy) is 2. The van der Waals surface area contributed by atoms with Crippen LogP contribution in [-0.2, 0) is 9.63 Å². The monoisotopic (exact) mass is 282 g/mol. The van der Waals surface area contributed by atoms with Gasteiger partial charge < -0.3 is 15.2 Å². The second-order valence-electron chi connectivity index (χ2n) is 4.60. The maximum absolute atomic E-state index is 11.9. The molecule has 0 bridgehead atoms. The molecule has 0 aliphatic rings. The van der Waals surface area contributed by atoms with Gasteiger partial charge >= 0.3 is 0 Å². The number of carbonyl (C=O) groups is 1. The third-order valence-corrected chi connectivity index (χ3v) is 2.72. The molecule has 0 aliphatic carbocycles. The highest BCUT2D eigenvalue weighted by molar-refractivity contribution is 5.84. The molecule has 1 amide bonds. The van der Waals surface area contributed by atoms with Crippen LogP contribution in [0.25, 0.3) is 0 Å². The Morgan fingerprint density at radius 2 is 1.75 bits per heavy atom. The molecule has 0 aromatic heterocycles. The van der Waals surface area contributed by atoms with Crippen LogP contribution in [0.5, 0.6) is 11.5 Å². The number of nitrogens with two attached hydrogens (primary N) is 1. The summed E-state index contributed by atoms with van der Waals surface area (Å²) in [5.41, 5.74) is 4.78. The van der Waals surface area contributed by atoms with Gasteiger partial charge in [0, 0.05) is 7.05 Å². The molecule has 1 aromatic carbocycles. The number of hydroxylamine groups is 2. The first-order valence-electron chi connectivity index (χ1n) is 6.37. The molecule has 6 nitrogen and oxygen atoms in total. The Balaban J connectivity index is 2.59. The van der Waals surface area contributed by atoms with Crippen molar-refractivity contribution >= 4 is 5.91 Å². The molecule has 0 fully saturated rings. The Labute approximate surface area is 119 Å². The Hall–Kier alpha value is -1.79. The first-order chi connectivity index (χ1) is 9.40. The lowest BCUT2D eigenvalue weighted by Gasteiger charge is -2.27. The van der Waals surface area contributed by atoms with E-state index in [2.05, 4.69) is 0 Å². The second-order valence-corrected chi connectivity index (χ2v) is 4.60. The molecule has 0 heterocycles. The number of likely N-dealkylation sites (N-methyl/N-ethyl adjacent to an activating group) is 1. The summed E-state index contributed by atoms with van der Waals surface area (Å²) in [7, 11) is 2.91. The van der Waals surface area contributed by atoms with Gasteiger partial charge in [0.2, 0.25) is 0 Å². The first kappa shape index (κ1) is 16.3. The molecule has 0 saturated carbocycles. The molecule has 1 unspecified atom stereocenters. The lowest BCUT2D eigenvalue weighted by atomic mass is 10.0. The van der Waals surface area contributed by atoms with Gasteiger partial charge in [-0.1, -0.05) is 0 Å². The third kappa shape index (κ3) is 4.40. The van der Waals surface area contributed by atoms with Crippen molar-refractivity contribution in [2.24, 2.45) is 5.73 Å². The van der Waals surface area contributed by atoms with Crippen molar-refractivity contribution < 1.29 is 19.1 Å². The lowest BCUT2D eigenvalue weighted by Crippen LogP contribution is -2.55. The van der Waals surface area contributed by atoms with Crippen LogP contribution in [-0.4, -0.2) is 43.9 Å². The highest BCUT2D eigenvalue weighted by atomic mass is 16.7. The number of hydrogen-bond acceptors (Lipinski definition) is 5. The largest absolute Gasteiger partial charge is 0.494 e. The summed E-state index contributed by atoms with van der Waals surface area (Å²) in [5, 5.41) is 1.08. The van der Waals surface area contributed by atoms with Gasteiger partial charge in [-0.05, 0) is 38.1 Å². The fourth-order valence-corrected chi connectivity index (χ4v) is 1.54. The van der Waals surface area contributed by atoms with Crippen molar-refractivity contribution in [3.63, 3.8) is 0 Å². The van der Waals surface area contributed by atoms with Crippen molar-refractivity contribution in [1.82, 2.24) is 5.06 Å². The topological polar surface area (TPSA) is 74.0 Å². The van der Waals surface area contributed by atoms with Crippen LogP contribution in [0.3, 0.4) is 0 Å². The van der Waals surface area contributed by atoms with Gasteiger partial charge in [0.25, 0.3) is 5.91 Å². The van der Waals surface area contributed by atoms with E-state index in [1.807, 2.05) is 6.92 Å². The minimum absolute atomic E-state index is 0.0491. The molecule has 0 aliphatic heterocycles. The summed E-state index contributed by atoms with van der Waals surface area (Å²) in [6, 6.07) is 7.14. The van der Waals surface area contributed by atoms with Crippen LogP contribution < -0.4 is 15.2 Å². The highest BCUT2D eigenvalue weighted by Gasteiger charge is 2.32. The predicted octanol–water partition coefficient (Wildman–Crippen LogP) is 1.20. The highest BCUT2D eigenvalue weighted by Crippen LogP contribution is 2.18. The molecule has 2 N–H and O–H groups in total. The van der Waals surface area contributed by atoms with Crippen molar-refractivity contribution in [2.75, 3.05) is 27.4 Å². The van der Waals surface area contributed by atoms with Crippen molar-refractivity contribution in [3.05, 3.63) is 24.3 Å². The van der Waals surface area contributed by atoms with Crippen LogP contribution >= 0.6 is 0 Å². The smallest absolute Gasteiger partial charge is 0.269 e. The maximum atomic E-state index is 11.9. The quantitative estimate of drug-likeness (QED) is 0.761. The minimum atomic E-state index is -1.16. The third-order valence-electron chi connectivity index (χ3n) is 2.72. The summed E-state index contributed by atoms with van der Waals surface area (Å²) in [5.74, 6) is 1.04. The number of rotatable bonds is 7. The first-order valence-corrected chi connectivity index (χ1v) is 6.37. The molecular formula is C14H22N2O4. The normalized spacial score (nSPS) is 13.4. The fourth-order valence-electron chi connectivity index (χ4n) is 1.54. The Morgan fingerprint density at radius 1 is 1.25 bits per heavy atom. The molecule has 0 spiro atoms. The SMILES string of the molecule is CCOc1ccc(OCC(C)(N)C(=O)N(C)OC)cc1. The van der Waals surface area contributed by atoms with E-state index in [4.69, 9.17) is 20.0 Å². The van der Waals surface area contributed by atoms with Crippen LogP contribution in [0.2, 0.25) is 0 Å². The molecule has 0 saturated heterocycles. The van der Waals surface area contributed by atoms with Gasteiger partial charge in [0.05, 0.1) is 13.7 Å². The summed E-state index contributed by atoms with van der Waals surface area (Å²) in [4.78, 5) is 16.8. The van der Waals surface area contributed by atoms with E-state index in [0.29, 0.717) is 12.4 Å². The van der Waals surface area contributed by atoms with Gasteiger partial charge in [0.15, 0.2) is 0 Å². The zero-order valence-electron chi connectivity index (χ0n) is 12.4. The van der Waals surface area contributed by atoms with E-state index in [0.717, 1.165) is 10.8 Å². The summed E-state index contributed by atoms with van der Waals surface area (Å²) in [6.45, 7) is 4.17. The van der Waals surface area contributed by atoms with Crippen LogP contribution in [0.4, 0.5) is 0 Å². The Kier molecular flexibility index (Phi) is 5.79. The molecule has 1 rings (SSSR count). The fraction of sp³-hybridized carbons (Fsp3) is 0.500. The number of benzene rings is 1.